The summed E-state index contributed by atoms with van der Waals surface area (Å²) in [6.07, 6.45) is 5.82. The van der Waals surface area contributed by atoms with E-state index in [1.807, 2.05) is 18.5 Å². The first-order valence-corrected chi connectivity index (χ1v) is 7.14. The molecule has 104 valence electrons. The van der Waals surface area contributed by atoms with E-state index in [0.29, 0.717) is 12.5 Å². The summed E-state index contributed by atoms with van der Waals surface area (Å²) in [7, 11) is 0. The molecular formula is C16H19N3O. The quantitative estimate of drug-likeness (QED) is 0.787. The van der Waals surface area contributed by atoms with Gasteiger partial charge in [0.15, 0.2) is 0 Å². The van der Waals surface area contributed by atoms with Gasteiger partial charge < -0.3 is 10.6 Å². The zero-order valence-corrected chi connectivity index (χ0v) is 11.4. The van der Waals surface area contributed by atoms with Gasteiger partial charge in [0.25, 0.3) is 0 Å². The summed E-state index contributed by atoms with van der Waals surface area (Å²) in [6.45, 7) is 2.29. The number of hydrogen-bond donors (Lipinski definition) is 2. The molecule has 20 heavy (non-hydrogen) atoms. The van der Waals surface area contributed by atoms with Crippen LogP contribution in [0.2, 0.25) is 0 Å². The van der Waals surface area contributed by atoms with Gasteiger partial charge in [0.1, 0.15) is 0 Å². The fraction of sp³-hybridized carbons (Fsp3) is 0.375. The van der Waals surface area contributed by atoms with Crippen LogP contribution in [0.25, 0.3) is 10.8 Å². The van der Waals surface area contributed by atoms with Crippen molar-refractivity contribution in [3.8, 4) is 0 Å². The number of amides is 1. The maximum absolute atomic E-state index is 11.5. The fourth-order valence-corrected chi connectivity index (χ4v) is 2.33. The van der Waals surface area contributed by atoms with Crippen molar-refractivity contribution in [3.63, 3.8) is 0 Å². The van der Waals surface area contributed by atoms with Crippen LogP contribution in [0.3, 0.4) is 0 Å². The van der Waals surface area contributed by atoms with Crippen LogP contribution >= 0.6 is 0 Å². The third-order valence-corrected chi connectivity index (χ3v) is 3.64. The molecule has 4 nitrogen and oxygen atoms in total. The zero-order valence-electron chi connectivity index (χ0n) is 11.4. The predicted octanol–water partition coefficient (Wildman–Crippen LogP) is 1.85. The van der Waals surface area contributed by atoms with E-state index >= 15 is 0 Å². The van der Waals surface area contributed by atoms with E-state index in [1.54, 1.807) is 0 Å². The molecule has 2 N–H and O–H groups in total. The lowest BCUT2D eigenvalue weighted by molar-refractivity contribution is -0.122. The summed E-state index contributed by atoms with van der Waals surface area (Å²) in [4.78, 5) is 15.6. The lowest BCUT2D eigenvalue weighted by Gasteiger charge is -2.09. The van der Waals surface area contributed by atoms with Crippen LogP contribution in [0, 0.1) is 5.92 Å². The monoisotopic (exact) mass is 269 g/mol. The van der Waals surface area contributed by atoms with E-state index in [4.69, 9.17) is 0 Å². The normalized spacial score (nSPS) is 14.4. The topological polar surface area (TPSA) is 54.0 Å². The highest BCUT2D eigenvalue weighted by Gasteiger charge is 2.28. The first kappa shape index (κ1) is 13.1. The zero-order chi connectivity index (χ0) is 13.8. The van der Waals surface area contributed by atoms with Crippen LogP contribution in [-0.2, 0) is 11.3 Å². The third-order valence-electron chi connectivity index (χ3n) is 3.64. The summed E-state index contributed by atoms with van der Waals surface area (Å²) in [5, 5.41) is 8.72. The van der Waals surface area contributed by atoms with Gasteiger partial charge in [0.05, 0.1) is 0 Å². The van der Waals surface area contributed by atoms with Crippen LogP contribution in [-0.4, -0.2) is 24.0 Å². The molecule has 0 aliphatic heterocycles. The molecule has 3 rings (SSSR count). The number of aromatic nitrogens is 1. The third kappa shape index (κ3) is 3.14. The predicted molar refractivity (Wildman–Crippen MR) is 79.2 cm³/mol. The van der Waals surface area contributed by atoms with Crippen LogP contribution in [0.1, 0.15) is 18.4 Å². The summed E-state index contributed by atoms with van der Waals surface area (Å²) in [5.74, 6) is 0.503. The van der Waals surface area contributed by atoms with Gasteiger partial charge in [-0.15, -0.1) is 0 Å². The van der Waals surface area contributed by atoms with Crippen molar-refractivity contribution in [2.45, 2.75) is 19.4 Å². The molecular weight excluding hydrogens is 250 g/mol. The molecule has 1 aliphatic carbocycles. The molecule has 1 heterocycles. The molecule has 0 radical (unpaired) electrons. The van der Waals surface area contributed by atoms with Gasteiger partial charge in [0, 0.05) is 43.3 Å². The van der Waals surface area contributed by atoms with Gasteiger partial charge in [0.2, 0.25) is 5.91 Å². The Balaban J connectivity index is 1.48. The van der Waals surface area contributed by atoms with Gasteiger partial charge in [-0.1, -0.05) is 18.2 Å². The van der Waals surface area contributed by atoms with E-state index in [-0.39, 0.29) is 5.91 Å². The Morgan fingerprint density at radius 3 is 3.00 bits per heavy atom. The van der Waals surface area contributed by atoms with Crippen LogP contribution < -0.4 is 10.6 Å². The average molecular weight is 269 g/mol. The van der Waals surface area contributed by atoms with Crippen molar-refractivity contribution in [2.75, 3.05) is 13.1 Å². The Kier molecular flexibility index (Phi) is 3.92. The highest BCUT2D eigenvalue weighted by molar-refractivity contribution is 5.84. The Labute approximate surface area is 118 Å². The number of hydrogen-bond acceptors (Lipinski definition) is 3. The first-order chi connectivity index (χ1) is 9.84. The molecule has 1 amide bonds. The largest absolute Gasteiger partial charge is 0.355 e. The number of nitrogens with zero attached hydrogens (tertiary/aromatic N) is 1. The molecule has 1 aromatic heterocycles. The number of carbonyl (C=O) groups excluding carboxylic acids is 1. The van der Waals surface area contributed by atoms with E-state index in [2.05, 4.69) is 33.8 Å². The van der Waals surface area contributed by atoms with Gasteiger partial charge in [-0.2, -0.15) is 0 Å². The highest BCUT2D eigenvalue weighted by atomic mass is 16.2. The molecule has 0 saturated heterocycles. The summed E-state index contributed by atoms with van der Waals surface area (Å²) in [6, 6.07) is 8.29. The van der Waals surface area contributed by atoms with E-state index in [1.165, 1.54) is 10.9 Å². The minimum absolute atomic E-state index is 0.211. The Bertz CT molecular complexity index is 602. The lowest BCUT2D eigenvalue weighted by atomic mass is 10.1. The standard InChI is InChI=1S/C16H19N3O/c20-16(12-4-5-12)19-9-8-18-11-14-3-1-2-13-10-17-7-6-15(13)14/h1-3,6-7,10,12,18H,4-5,8-9,11H2,(H,19,20). The molecule has 0 spiro atoms. The molecule has 2 aromatic rings. The summed E-state index contributed by atoms with van der Waals surface area (Å²) in [5.41, 5.74) is 1.26. The molecule has 1 saturated carbocycles. The van der Waals surface area contributed by atoms with Crippen molar-refractivity contribution < 1.29 is 4.79 Å². The Hall–Kier alpha value is -1.94. The van der Waals surface area contributed by atoms with E-state index < -0.39 is 0 Å². The molecule has 1 aromatic carbocycles. The van der Waals surface area contributed by atoms with Crippen LogP contribution in [0.15, 0.2) is 36.7 Å². The number of nitrogens with one attached hydrogen (secondary N) is 2. The maximum Gasteiger partial charge on any atom is 0.223 e. The SMILES string of the molecule is O=C(NCCNCc1cccc2cnccc12)C1CC1. The highest BCUT2D eigenvalue weighted by Crippen LogP contribution is 2.28. The van der Waals surface area contributed by atoms with Crippen LogP contribution in [0.4, 0.5) is 0 Å². The number of fused-ring (bicyclic) bond motifs is 1. The molecule has 0 unspecified atom stereocenters. The average Bonchev–Trinajstić information content (AvgIpc) is 3.31. The Morgan fingerprint density at radius 2 is 2.15 bits per heavy atom. The van der Waals surface area contributed by atoms with Gasteiger partial charge >= 0.3 is 0 Å². The second-order valence-corrected chi connectivity index (χ2v) is 5.26. The fourth-order valence-electron chi connectivity index (χ4n) is 2.33. The summed E-state index contributed by atoms with van der Waals surface area (Å²) >= 11 is 0. The van der Waals surface area contributed by atoms with Crippen molar-refractivity contribution in [2.24, 2.45) is 5.92 Å². The minimum atomic E-state index is 0.211. The maximum atomic E-state index is 11.5. The molecule has 1 aliphatic rings. The number of carbonyl (C=O) groups is 1. The second-order valence-electron chi connectivity index (χ2n) is 5.26. The van der Waals surface area contributed by atoms with Crippen molar-refractivity contribution in [1.82, 2.24) is 15.6 Å². The van der Waals surface area contributed by atoms with E-state index in [0.717, 1.165) is 31.3 Å². The summed E-state index contributed by atoms with van der Waals surface area (Å²) < 4.78 is 0. The number of benzene rings is 1. The molecule has 4 heteroatoms. The molecule has 0 atom stereocenters. The van der Waals surface area contributed by atoms with E-state index in [9.17, 15) is 4.79 Å². The van der Waals surface area contributed by atoms with Gasteiger partial charge in [-0.05, 0) is 29.9 Å². The van der Waals surface area contributed by atoms with Crippen molar-refractivity contribution in [3.05, 3.63) is 42.2 Å². The number of pyridine rings is 1. The molecule has 1 fully saturated rings. The van der Waals surface area contributed by atoms with Crippen molar-refractivity contribution >= 4 is 16.7 Å². The first-order valence-electron chi connectivity index (χ1n) is 7.14. The molecule has 0 bridgehead atoms. The van der Waals surface area contributed by atoms with Gasteiger partial charge in [-0.25, -0.2) is 0 Å². The number of rotatable bonds is 6. The van der Waals surface area contributed by atoms with Gasteiger partial charge in [-0.3, -0.25) is 9.78 Å². The lowest BCUT2D eigenvalue weighted by Crippen LogP contribution is -2.32. The van der Waals surface area contributed by atoms with Crippen LogP contribution in [0.5, 0.6) is 0 Å². The Morgan fingerprint density at radius 1 is 1.25 bits per heavy atom. The minimum Gasteiger partial charge on any atom is -0.355 e. The second kappa shape index (κ2) is 6.01. The van der Waals surface area contributed by atoms with Crippen molar-refractivity contribution in [1.29, 1.82) is 0 Å². The smallest absolute Gasteiger partial charge is 0.223 e.